The Balaban J connectivity index is 2.28. The molecule has 4 nitrogen and oxygen atoms in total. The highest BCUT2D eigenvalue weighted by Gasteiger charge is 2.27. The molecule has 0 saturated heterocycles. The fraction of sp³-hybridized carbons (Fsp3) is 0.300. The SMILES string of the molecule is CCNC(=O)[C@H](C)N(Cc1ccc(Cl)cc1)C(=O)Cc1c(F)cccc1Cl. The van der Waals surface area contributed by atoms with Crippen molar-refractivity contribution in [1.82, 2.24) is 10.2 Å². The number of hydrogen-bond acceptors (Lipinski definition) is 2. The van der Waals surface area contributed by atoms with E-state index in [2.05, 4.69) is 5.32 Å². The molecule has 0 aliphatic rings. The van der Waals surface area contributed by atoms with E-state index in [9.17, 15) is 14.0 Å². The molecule has 1 atom stereocenters. The second-order valence-corrected chi connectivity index (χ2v) is 6.94. The minimum atomic E-state index is -0.723. The predicted molar refractivity (Wildman–Crippen MR) is 105 cm³/mol. The highest BCUT2D eigenvalue weighted by molar-refractivity contribution is 6.31. The van der Waals surface area contributed by atoms with Crippen LogP contribution in [-0.2, 0) is 22.6 Å². The molecule has 0 aliphatic carbocycles. The van der Waals surface area contributed by atoms with Crippen LogP contribution in [0.2, 0.25) is 10.0 Å². The fourth-order valence-corrected chi connectivity index (χ4v) is 3.00. The van der Waals surface area contributed by atoms with Gasteiger partial charge < -0.3 is 10.2 Å². The van der Waals surface area contributed by atoms with Crippen molar-refractivity contribution in [1.29, 1.82) is 0 Å². The van der Waals surface area contributed by atoms with Gasteiger partial charge in [-0.2, -0.15) is 0 Å². The van der Waals surface area contributed by atoms with Gasteiger partial charge in [0.2, 0.25) is 11.8 Å². The van der Waals surface area contributed by atoms with Crippen molar-refractivity contribution >= 4 is 35.0 Å². The maximum Gasteiger partial charge on any atom is 0.242 e. The number of rotatable bonds is 7. The Hall–Kier alpha value is -2.11. The molecule has 0 aromatic heterocycles. The molecule has 1 N–H and O–H groups in total. The summed E-state index contributed by atoms with van der Waals surface area (Å²) in [6.07, 6.45) is -0.233. The molecule has 0 bridgehead atoms. The molecule has 0 heterocycles. The minimum Gasteiger partial charge on any atom is -0.355 e. The first kappa shape index (κ1) is 21.2. The molecule has 27 heavy (non-hydrogen) atoms. The first-order valence-corrected chi connectivity index (χ1v) is 9.33. The Morgan fingerprint density at radius 2 is 1.81 bits per heavy atom. The van der Waals surface area contributed by atoms with Crippen LogP contribution in [0.25, 0.3) is 0 Å². The smallest absolute Gasteiger partial charge is 0.242 e. The van der Waals surface area contributed by atoms with Crippen molar-refractivity contribution in [3.05, 3.63) is 69.5 Å². The Morgan fingerprint density at radius 1 is 1.15 bits per heavy atom. The van der Waals surface area contributed by atoms with Gasteiger partial charge in [0.1, 0.15) is 11.9 Å². The van der Waals surface area contributed by atoms with Gasteiger partial charge in [-0.3, -0.25) is 9.59 Å². The zero-order valence-electron chi connectivity index (χ0n) is 15.1. The largest absolute Gasteiger partial charge is 0.355 e. The Bertz CT molecular complexity index is 792. The molecule has 0 spiro atoms. The summed E-state index contributed by atoms with van der Waals surface area (Å²) in [6.45, 7) is 4.09. The van der Waals surface area contributed by atoms with Crippen LogP contribution in [0.15, 0.2) is 42.5 Å². The quantitative estimate of drug-likeness (QED) is 0.742. The first-order valence-electron chi connectivity index (χ1n) is 8.58. The Kier molecular flexibility index (Phi) is 7.63. The lowest BCUT2D eigenvalue weighted by molar-refractivity contribution is -0.140. The van der Waals surface area contributed by atoms with Gasteiger partial charge >= 0.3 is 0 Å². The number of benzene rings is 2. The van der Waals surface area contributed by atoms with E-state index in [0.29, 0.717) is 11.6 Å². The number of halogens is 3. The van der Waals surface area contributed by atoms with E-state index in [-0.39, 0.29) is 29.5 Å². The molecule has 0 unspecified atom stereocenters. The van der Waals surface area contributed by atoms with Crippen molar-refractivity contribution in [2.45, 2.75) is 32.9 Å². The van der Waals surface area contributed by atoms with Gasteiger partial charge in [0.25, 0.3) is 0 Å². The Labute approximate surface area is 168 Å². The highest BCUT2D eigenvalue weighted by atomic mass is 35.5. The third-order valence-corrected chi connectivity index (χ3v) is 4.78. The number of nitrogens with one attached hydrogen (secondary N) is 1. The molecule has 2 rings (SSSR count). The summed E-state index contributed by atoms with van der Waals surface area (Å²) in [7, 11) is 0. The summed E-state index contributed by atoms with van der Waals surface area (Å²) in [4.78, 5) is 26.6. The van der Waals surface area contributed by atoms with Crippen molar-refractivity contribution in [3.8, 4) is 0 Å². The zero-order valence-corrected chi connectivity index (χ0v) is 16.6. The molecule has 2 aromatic carbocycles. The first-order chi connectivity index (χ1) is 12.8. The second-order valence-electron chi connectivity index (χ2n) is 6.10. The summed E-state index contributed by atoms with van der Waals surface area (Å²) in [5, 5.41) is 3.46. The summed E-state index contributed by atoms with van der Waals surface area (Å²) in [5.74, 6) is -1.22. The van der Waals surface area contributed by atoms with Crippen LogP contribution in [0.1, 0.15) is 25.0 Å². The van der Waals surface area contributed by atoms with Gasteiger partial charge in [-0.25, -0.2) is 4.39 Å². The van der Waals surface area contributed by atoms with E-state index >= 15 is 0 Å². The van der Waals surface area contributed by atoms with Crippen LogP contribution in [0.4, 0.5) is 4.39 Å². The highest BCUT2D eigenvalue weighted by Crippen LogP contribution is 2.21. The topological polar surface area (TPSA) is 49.4 Å². The average Bonchev–Trinajstić information content (AvgIpc) is 2.64. The van der Waals surface area contributed by atoms with Gasteiger partial charge in [0.05, 0.1) is 6.42 Å². The number of likely N-dealkylation sites (N-methyl/N-ethyl adjacent to an activating group) is 1. The third kappa shape index (κ3) is 5.68. The van der Waals surface area contributed by atoms with E-state index in [1.165, 1.54) is 23.1 Å². The fourth-order valence-electron chi connectivity index (χ4n) is 2.65. The van der Waals surface area contributed by atoms with Crippen LogP contribution in [0, 0.1) is 5.82 Å². The molecule has 2 aromatic rings. The van der Waals surface area contributed by atoms with E-state index in [0.717, 1.165) is 5.56 Å². The van der Waals surface area contributed by atoms with Crippen molar-refractivity contribution < 1.29 is 14.0 Å². The Morgan fingerprint density at radius 3 is 2.41 bits per heavy atom. The average molecular weight is 411 g/mol. The van der Waals surface area contributed by atoms with Crippen LogP contribution in [-0.4, -0.2) is 29.3 Å². The van der Waals surface area contributed by atoms with Crippen molar-refractivity contribution in [3.63, 3.8) is 0 Å². The summed E-state index contributed by atoms with van der Waals surface area (Å²) < 4.78 is 14.1. The molecule has 0 radical (unpaired) electrons. The molecule has 0 fully saturated rings. The normalized spacial score (nSPS) is 11.7. The maximum absolute atomic E-state index is 14.1. The van der Waals surface area contributed by atoms with E-state index in [1.54, 1.807) is 38.1 Å². The van der Waals surface area contributed by atoms with Gasteiger partial charge in [-0.1, -0.05) is 41.4 Å². The predicted octanol–water partition coefficient (Wildman–Crippen LogP) is 4.23. The van der Waals surface area contributed by atoms with Crippen LogP contribution >= 0.6 is 23.2 Å². The van der Waals surface area contributed by atoms with Crippen LogP contribution in [0.3, 0.4) is 0 Å². The lowest BCUT2D eigenvalue weighted by Gasteiger charge is -2.29. The number of carbonyl (C=O) groups excluding carboxylic acids is 2. The summed E-state index contributed by atoms with van der Waals surface area (Å²) in [5.41, 5.74) is 0.928. The molecule has 144 valence electrons. The van der Waals surface area contributed by atoms with E-state index in [1.807, 2.05) is 0 Å². The standard InChI is InChI=1S/C20H21Cl2FN2O2/c1-3-24-20(27)13(2)25(12-14-7-9-15(21)10-8-14)19(26)11-16-17(22)5-4-6-18(16)23/h4-10,13H,3,11-12H2,1-2H3,(H,24,27)/t13-/m0/s1. The lowest BCUT2D eigenvalue weighted by atomic mass is 10.1. The summed E-state index contributed by atoms with van der Waals surface area (Å²) >= 11 is 11.9. The second kappa shape index (κ2) is 9.72. The van der Waals surface area contributed by atoms with Crippen LogP contribution in [0.5, 0.6) is 0 Å². The van der Waals surface area contributed by atoms with Crippen LogP contribution < -0.4 is 5.32 Å². The molecule has 0 saturated carbocycles. The number of carbonyl (C=O) groups is 2. The van der Waals surface area contributed by atoms with Gasteiger partial charge in [-0.15, -0.1) is 0 Å². The maximum atomic E-state index is 14.1. The van der Waals surface area contributed by atoms with E-state index in [4.69, 9.17) is 23.2 Å². The van der Waals surface area contributed by atoms with Crippen molar-refractivity contribution in [2.24, 2.45) is 0 Å². The molecular weight excluding hydrogens is 390 g/mol. The zero-order chi connectivity index (χ0) is 20.0. The number of nitrogens with zero attached hydrogens (tertiary/aromatic N) is 1. The molecule has 7 heteroatoms. The number of amides is 2. The monoisotopic (exact) mass is 410 g/mol. The van der Waals surface area contributed by atoms with Gasteiger partial charge in [0.15, 0.2) is 0 Å². The number of hydrogen-bond donors (Lipinski definition) is 1. The van der Waals surface area contributed by atoms with Crippen molar-refractivity contribution in [2.75, 3.05) is 6.54 Å². The minimum absolute atomic E-state index is 0.119. The molecule has 2 amide bonds. The van der Waals surface area contributed by atoms with Gasteiger partial charge in [0, 0.05) is 28.7 Å². The lowest BCUT2D eigenvalue weighted by Crippen LogP contribution is -2.48. The molecule has 0 aliphatic heterocycles. The summed E-state index contributed by atoms with van der Waals surface area (Å²) in [6, 6.07) is 10.5. The molecular formula is C20H21Cl2FN2O2. The third-order valence-electron chi connectivity index (χ3n) is 4.17. The van der Waals surface area contributed by atoms with E-state index < -0.39 is 17.8 Å². The van der Waals surface area contributed by atoms with Gasteiger partial charge in [-0.05, 0) is 43.7 Å².